The van der Waals surface area contributed by atoms with Gasteiger partial charge < -0.3 is 5.32 Å². The number of nitrogens with one attached hydrogen (secondary N) is 1. The number of hydrogen-bond acceptors (Lipinski definition) is 3. The molecule has 1 unspecified atom stereocenters. The van der Waals surface area contributed by atoms with Crippen molar-refractivity contribution in [3.8, 4) is 6.07 Å². The molecular formula is C16H17N3O. The maximum absolute atomic E-state index is 12.2. The van der Waals surface area contributed by atoms with Crippen LogP contribution in [0.4, 0.5) is 5.69 Å². The molecule has 2 rings (SSSR count). The molecule has 4 nitrogen and oxygen atoms in total. The van der Waals surface area contributed by atoms with Crippen LogP contribution in [0.5, 0.6) is 0 Å². The number of amides is 1. The summed E-state index contributed by atoms with van der Waals surface area (Å²) < 4.78 is 0. The summed E-state index contributed by atoms with van der Waals surface area (Å²) in [5.74, 6) is -0.960. The van der Waals surface area contributed by atoms with E-state index in [1.165, 1.54) is 0 Å². The summed E-state index contributed by atoms with van der Waals surface area (Å²) in [6, 6.07) is 11.6. The average molecular weight is 267 g/mol. The highest BCUT2D eigenvalue weighted by Crippen LogP contribution is 2.23. The van der Waals surface area contributed by atoms with Crippen LogP contribution in [0, 0.1) is 30.1 Å². The van der Waals surface area contributed by atoms with Gasteiger partial charge in [0.05, 0.1) is 17.3 Å². The maximum Gasteiger partial charge on any atom is 0.242 e. The molecule has 4 heteroatoms. The molecule has 1 N–H and O–H groups in total. The molecular weight excluding hydrogens is 250 g/mol. The Balaban J connectivity index is 2.37. The lowest BCUT2D eigenvalue weighted by atomic mass is 9.96. The molecule has 102 valence electrons. The van der Waals surface area contributed by atoms with Crippen LogP contribution >= 0.6 is 0 Å². The zero-order chi connectivity index (χ0) is 14.7. The van der Waals surface area contributed by atoms with Gasteiger partial charge in [0.15, 0.2) is 0 Å². The summed E-state index contributed by atoms with van der Waals surface area (Å²) in [6.45, 7) is 5.63. The summed E-state index contributed by atoms with van der Waals surface area (Å²) in [5, 5.41) is 12.9. The first kappa shape index (κ1) is 14.0. The number of carbonyl (C=O) groups is 1. The normalized spacial score (nSPS) is 12.2. The number of hydrogen-bond donors (Lipinski definition) is 1. The Labute approximate surface area is 118 Å². The van der Waals surface area contributed by atoms with Crippen molar-refractivity contribution >= 4 is 22.5 Å². The van der Waals surface area contributed by atoms with Crippen molar-refractivity contribution in [2.75, 3.05) is 5.32 Å². The zero-order valence-corrected chi connectivity index (χ0v) is 11.8. The highest BCUT2D eigenvalue weighted by atomic mass is 16.1. The predicted octanol–water partition coefficient (Wildman–Crippen LogP) is 3.28. The second-order valence-electron chi connectivity index (χ2n) is 5.17. The molecule has 0 aliphatic heterocycles. The largest absolute Gasteiger partial charge is 0.323 e. The Morgan fingerprint density at radius 1 is 1.30 bits per heavy atom. The number of nitrogens with zero attached hydrogens (tertiary/aromatic N) is 2. The third-order valence-electron chi connectivity index (χ3n) is 3.21. The first-order valence-corrected chi connectivity index (χ1v) is 6.60. The Morgan fingerprint density at radius 2 is 2.05 bits per heavy atom. The van der Waals surface area contributed by atoms with E-state index in [0.717, 1.165) is 16.6 Å². The molecule has 0 saturated heterocycles. The van der Waals surface area contributed by atoms with Crippen molar-refractivity contribution in [1.29, 1.82) is 5.26 Å². The lowest BCUT2D eigenvalue weighted by Gasteiger charge is -2.14. The zero-order valence-electron chi connectivity index (χ0n) is 11.8. The Kier molecular flexibility index (Phi) is 3.99. The quantitative estimate of drug-likeness (QED) is 0.928. The fourth-order valence-corrected chi connectivity index (χ4v) is 2.07. The molecule has 0 saturated carbocycles. The molecule has 1 heterocycles. The first-order valence-electron chi connectivity index (χ1n) is 6.60. The van der Waals surface area contributed by atoms with E-state index in [4.69, 9.17) is 5.26 Å². The molecule has 2 aromatic rings. The summed E-state index contributed by atoms with van der Waals surface area (Å²) >= 11 is 0. The molecule has 1 aromatic carbocycles. The SMILES string of the molecule is Cc1ccc2cccc(NC(=O)C(C#N)C(C)C)c2n1. The second-order valence-corrected chi connectivity index (χ2v) is 5.17. The average Bonchev–Trinajstić information content (AvgIpc) is 2.39. The van der Waals surface area contributed by atoms with Gasteiger partial charge in [-0.3, -0.25) is 9.78 Å². The van der Waals surface area contributed by atoms with Crippen LogP contribution in [-0.2, 0) is 4.79 Å². The number of aryl methyl sites for hydroxylation is 1. The summed E-state index contributed by atoms with van der Waals surface area (Å²) in [7, 11) is 0. The van der Waals surface area contributed by atoms with Gasteiger partial charge in [0.25, 0.3) is 0 Å². The second kappa shape index (κ2) is 5.70. The lowest BCUT2D eigenvalue weighted by Crippen LogP contribution is -2.25. The van der Waals surface area contributed by atoms with Crippen LogP contribution in [-0.4, -0.2) is 10.9 Å². The fraction of sp³-hybridized carbons (Fsp3) is 0.312. The molecule has 0 bridgehead atoms. The molecule has 0 fully saturated rings. The molecule has 20 heavy (non-hydrogen) atoms. The van der Waals surface area contributed by atoms with Crippen LogP contribution < -0.4 is 5.32 Å². The molecule has 0 spiro atoms. The Hall–Kier alpha value is -2.41. The Morgan fingerprint density at radius 3 is 2.70 bits per heavy atom. The first-order chi connectivity index (χ1) is 9.52. The van der Waals surface area contributed by atoms with E-state index in [1.807, 2.05) is 51.1 Å². The van der Waals surface area contributed by atoms with E-state index >= 15 is 0 Å². The number of carbonyl (C=O) groups excluding carboxylic acids is 1. The minimum atomic E-state index is -0.657. The van der Waals surface area contributed by atoms with Gasteiger partial charge in [-0.15, -0.1) is 0 Å². The van der Waals surface area contributed by atoms with Crippen molar-refractivity contribution in [2.24, 2.45) is 11.8 Å². The van der Waals surface area contributed by atoms with Crippen molar-refractivity contribution in [3.05, 3.63) is 36.0 Å². The van der Waals surface area contributed by atoms with Crippen LogP contribution in [0.3, 0.4) is 0 Å². The van der Waals surface area contributed by atoms with Crippen LogP contribution in [0.15, 0.2) is 30.3 Å². The predicted molar refractivity (Wildman–Crippen MR) is 79.1 cm³/mol. The smallest absolute Gasteiger partial charge is 0.242 e. The van der Waals surface area contributed by atoms with Crippen LogP contribution in [0.1, 0.15) is 19.5 Å². The minimum absolute atomic E-state index is 0.0235. The monoisotopic (exact) mass is 267 g/mol. The highest BCUT2D eigenvalue weighted by molar-refractivity contribution is 6.01. The number of benzene rings is 1. The van der Waals surface area contributed by atoms with Crippen molar-refractivity contribution in [3.63, 3.8) is 0 Å². The van der Waals surface area contributed by atoms with Crippen molar-refractivity contribution < 1.29 is 4.79 Å². The number of rotatable bonds is 3. The number of nitriles is 1. The molecule has 1 aromatic heterocycles. The van der Waals surface area contributed by atoms with Gasteiger partial charge in [0.1, 0.15) is 5.92 Å². The van der Waals surface area contributed by atoms with Gasteiger partial charge in [-0.2, -0.15) is 5.26 Å². The van der Waals surface area contributed by atoms with Gasteiger partial charge in [0, 0.05) is 11.1 Å². The van der Waals surface area contributed by atoms with E-state index < -0.39 is 5.92 Å². The highest BCUT2D eigenvalue weighted by Gasteiger charge is 2.22. The molecule has 1 amide bonds. The topological polar surface area (TPSA) is 65.8 Å². The number of aromatic nitrogens is 1. The van der Waals surface area contributed by atoms with Crippen molar-refractivity contribution in [1.82, 2.24) is 4.98 Å². The van der Waals surface area contributed by atoms with Crippen molar-refractivity contribution in [2.45, 2.75) is 20.8 Å². The summed E-state index contributed by atoms with van der Waals surface area (Å²) in [6.07, 6.45) is 0. The standard InChI is InChI=1S/C16H17N3O/c1-10(2)13(9-17)16(20)19-14-6-4-5-12-8-7-11(3)18-15(12)14/h4-8,10,13H,1-3H3,(H,19,20). The van der Waals surface area contributed by atoms with E-state index in [2.05, 4.69) is 10.3 Å². The number of para-hydroxylation sites is 1. The van der Waals surface area contributed by atoms with Crippen LogP contribution in [0.25, 0.3) is 10.9 Å². The third kappa shape index (κ3) is 2.77. The van der Waals surface area contributed by atoms with Gasteiger partial charge >= 0.3 is 0 Å². The molecule has 0 aliphatic carbocycles. The Bertz CT molecular complexity index is 686. The number of pyridine rings is 1. The fourth-order valence-electron chi connectivity index (χ4n) is 2.07. The maximum atomic E-state index is 12.2. The van der Waals surface area contributed by atoms with Gasteiger partial charge in [-0.25, -0.2) is 0 Å². The summed E-state index contributed by atoms with van der Waals surface area (Å²) in [4.78, 5) is 16.6. The minimum Gasteiger partial charge on any atom is -0.323 e. The van der Waals surface area contributed by atoms with Crippen LogP contribution in [0.2, 0.25) is 0 Å². The lowest BCUT2D eigenvalue weighted by molar-refractivity contribution is -0.119. The molecule has 1 atom stereocenters. The third-order valence-corrected chi connectivity index (χ3v) is 3.21. The van der Waals surface area contributed by atoms with Gasteiger partial charge in [-0.1, -0.05) is 32.0 Å². The van der Waals surface area contributed by atoms with Gasteiger partial charge in [0.2, 0.25) is 5.91 Å². The molecule has 0 radical (unpaired) electrons. The van der Waals surface area contributed by atoms with Gasteiger partial charge in [-0.05, 0) is 25.0 Å². The summed E-state index contributed by atoms with van der Waals surface area (Å²) in [5.41, 5.74) is 2.29. The van der Waals surface area contributed by atoms with E-state index in [1.54, 1.807) is 6.07 Å². The number of anilines is 1. The van der Waals surface area contributed by atoms with E-state index in [0.29, 0.717) is 5.69 Å². The van der Waals surface area contributed by atoms with E-state index in [-0.39, 0.29) is 11.8 Å². The number of fused-ring (bicyclic) bond motifs is 1. The molecule has 0 aliphatic rings. The van der Waals surface area contributed by atoms with E-state index in [9.17, 15) is 4.79 Å².